The van der Waals surface area contributed by atoms with Crippen LogP contribution >= 0.6 is 11.5 Å². The lowest BCUT2D eigenvalue weighted by Gasteiger charge is -2.32. The van der Waals surface area contributed by atoms with Crippen LogP contribution in [0, 0.1) is 6.92 Å². The number of carbonyl (C=O) groups excluding carboxylic acids is 1. The van der Waals surface area contributed by atoms with E-state index in [-0.39, 0.29) is 11.8 Å². The molecule has 1 aliphatic rings. The molecule has 1 aliphatic heterocycles. The molecule has 0 bridgehead atoms. The Morgan fingerprint density at radius 3 is 2.93 bits per heavy atom. The SMILES string of the molecule is CCc1nnsc1C(=O)N1CCCC(c2cc(-c3cccc(OC)c3)cc(C)n2)C1. The van der Waals surface area contributed by atoms with Gasteiger partial charge in [0.2, 0.25) is 0 Å². The molecule has 1 saturated heterocycles. The Bertz CT molecular complexity index is 1050. The van der Waals surface area contributed by atoms with Crippen molar-refractivity contribution in [3.63, 3.8) is 0 Å². The molecule has 7 heteroatoms. The van der Waals surface area contributed by atoms with E-state index in [2.05, 4.69) is 27.8 Å². The van der Waals surface area contributed by atoms with Gasteiger partial charge in [0, 0.05) is 30.4 Å². The van der Waals surface area contributed by atoms with Crippen molar-refractivity contribution < 1.29 is 9.53 Å². The van der Waals surface area contributed by atoms with E-state index < -0.39 is 0 Å². The van der Waals surface area contributed by atoms with Gasteiger partial charge in [-0.25, -0.2) is 0 Å². The molecule has 3 heterocycles. The maximum Gasteiger partial charge on any atom is 0.267 e. The fourth-order valence-corrected chi connectivity index (χ4v) is 4.74. The zero-order valence-electron chi connectivity index (χ0n) is 17.6. The number of nitrogens with zero attached hydrogens (tertiary/aromatic N) is 4. The van der Waals surface area contributed by atoms with E-state index >= 15 is 0 Å². The third-order valence-corrected chi connectivity index (χ3v) is 6.34. The minimum atomic E-state index is 0.0484. The lowest BCUT2D eigenvalue weighted by atomic mass is 9.92. The summed E-state index contributed by atoms with van der Waals surface area (Å²) in [4.78, 5) is 20.5. The Hall–Kier alpha value is -2.80. The molecule has 1 atom stereocenters. The molecule has 0 radical (unpaired) electrons. The van der Waals surface area contributed by atoms with E-state index in [1.165, 1.54) is 11.5 Å². The molecule has 0 spiro atoms. The minimum absolute atomic E-state index is 0.0484. The molecule has 0 aliphatic carbocycles. The summed E-state index contributed by atoms with van der Waals surface area (Å²) in [5.41, 5.74) is 5.05. The number of benzene rings is 1. The lowest BCUT2D eigenvalue weighted by Crippen LogP contribution is -2.39. The molecular weight excluding hydrogens is 396 g/mol. The number of amides is 1. The highest BCUT2D eigenvalue weighted by Crippen LogP contribution is 2.31. The van der Waals surface area contributed by atoms with Crippen LogP contribution in [0.4, 0.5) is 0 Å². The predicted molar refractivity (Wildman–Crippen MR) is 118 cm³/mol. The van der Waals surface area contributed by atoms with E-state index in [0.717, 1.165) is 59.8 Å². The summed E-state index contributed by atoms with van der Waals surface area (Å²) in [6, 6.07) is 12.3. The van der Waals surface area contributed by atoms with Crippen molar-refractivity contribution in [1.29, 1.82) is 0 Å². The van der Waals surface area contributed by atoms with Crippen molar-refractivity contribution in [3.05, 3.63) is 58.4 Å². The molecule has 0 saturated carbocycles. The van der Waals surface area contributed by atoms with Crippen molar-refractivity contribution >= 4 is 17.4 Å². The smallest absolute Gasteiger partial charge is 0.267 e. The number of methoxy groups -OCH3 is 1. The van der Waals surface area contributed by atoms with Crippen LogP contribution in [0.1, 0.15) is 52.4 Å². The first kappa shape index (κ1) is 20.5. The number of aryl methyl sites for hydroxylation is 2. The number of carbonyl (C=O) groups is 1. The predicted octanol–water partition coefficient (Wildman–Crippen LogP) is 4.50. The highest BCUT2D eigenvalue weighted by atomic mass is 32.1. The summed E-state index contributed by atoms with van der Waals surface area (Å²) in [6.07, 6.45) is 2.71. The Morgan fingerprint density at radius 2 is 2.13 bits per heavy atom. The summed E-state index contributed by atoms with van der Waals surface area (Å²) in [5.74, 6) is 1.10. The number of pyridine rings is 1. The quantitative estimate of drug-likeness (QED) is 0.606. The molecule has 156 valence electrons. The molecular formula is C23H26N4O2S. The summed E-state index contributed by atoms with van der Waals surface area (Å²) in [6.45, 7) is 5.47. The van der Waals surface area contributed by atoms with Gasteiger partial charge in [-0.05, 0) is 73.1 Å². The van der Waals surface area contributed by atoms with Crippen molar-refractivity contribution in [2.24, 2.45) is 0 Å². The second-order valence-corrected chi connectivity index (χ2v) is 8.40. The highest BCUT2D eigenvalue weighted by molar-refractivity contribution is 7.08. The first-order valence-corrected chi connectivity index (χ1v) is 11.1. The van der Waals surface area contributed by atoms with Crippen molar-refractivity contribution in [1.82, 2.24) is 19.5 Å². The number of aromatic nitrogens is 3. The molecule has 1 amide bonds. The maximum atomic E-state index is 13.1. The summed E-state index contributed by atoms with van der Waals surface area (Å²) >= 11 is 1.20. The number of hydrogen-bond donors (Lipinski definition) is 0. The van der Waals surface area contributed by atoms with Crippen LogP contribution in [-0.2, 0) is 6.42 Å². The van der Waals surface area contributed by atoms with Gasteiger partial charge in [0.05, 0.1) is 12.8 Å². The monoisotopic (exact) mass is 422 g/mol. The fourth-order valence-electron chi connectivity index (χ4n) is 4.02. The van der Waals surface area contributed by atoms with Gasteiger partial charge in [0.25, 0.3) is 5.91 Å². The summed E-state index contributed by atoms with van der Waals surface area (Å²) < 4.78 is 9.36. The van der Waals surface area contributed by atoms with Gasteiger partial charge in [-0.1, -0.05) is 23.5 Å². The molecule has 0 N–H and O–H groups in total. The van der Waals surface area contributed by atoms with Gasteiger partial charge in [-0.15, -0.1) is 5.10 Å². The Balaban J connectivity index is 1.59. The van der Waals surface area contributed by atoms with Crippen LogP contribution in [0.3, 0.4) is 0 Å². The first-order chi connectivity index (χ1) is 14.6. The molecule has 1 unspecified atom stereocenters. The molecule has 1 fully saturated rings. The fraction of sp³-hybridized carbons (Fsp3) is 0.391. The largest absolute Gasteiger partial charge is 0.497 e. The van der Waals surface area contributed by atoms with E-state index in [1.807, 2.05) is 36.9 Å². The Labute approximate surface area is 181 Å². The third-order valence-electron chi connectivity index (χ3n) is 5.59. The first-order valence-electron chi connectivity index (χ1n) is 10.3. The molecule has 1 aromatic carbocycles. The average molecular weight is 423 g/mol. The average Bonchev–Trinajstić information content (AvgIpc) is 3.27. The van der Waals surface area contributed by atoms with E-state index in [0.29, 0.717) is 11.4 Å². The number of ether oxygens (including phenoxy) is 1. The molecule has 4 rings (SSSR count). The third kappa shape index (κ3) is 4.21. The second kappa shape index (κ2) is 8.92. The highest BCUT2D eigenvalue weighted by Gasteiger charge is 2.29. The van der Waals surface area contributed by atoms with Gasteiger partial charge in [0.1, 0.15) is 10.6 Å². The number of rotatable bonds is 5. The zero-order chi connectivity index (χ0) is 21.1. The van der Waals surface area contributed by atoms with Gasteiger partial charge in [-0.2, -0.15) is 0 Å². The maximum absolute atomic E-state index is 13.1. The van der Waals surface area contributed by atoms with Gasteiger partial charge in [-0.3, -0.25) is 9.78 Å². The number of hydrogen-bond acceptors (Lipinski definition) is 6. The molecule has 30 heavy (non-hydrogen) atoms. The second-order valence-electron chi connectivity index (χ2n) is 7.65. The van der Waals surface area contributed by atoms with Gasteiger partial charge < -0.3 is 9.64 Å². The zero-order valence-corrected chi connectivity index (χ0v) is 18.4. The minimum Gasteiger partial charge on any atom is -0.497 e. The van der Waals surface area contributed by atoms with Crippen molar-refractivity contribution in [2.75, 3.05) is 20.2 Å². The van der Waals surface area contributed by atoms with E-state index in [9.17, 15) is 4.79 Å². The van der Waals surface area contributed by atoms with Crippen LogP contribution in [0.15, 0.2) is 36.4 Å². The molecule has 2 aromatic heterocycles. The summed E-state index contributed by atoms with van der Waals surface area (Å²) in [5, 5.41) is 4.10. The van der Waals surface area contributed by atoms with Crippen molar-refractivity contribution in [2.45, 2.75) is 39.0 Å². The van der Waals surface area contributed by atoms with Crippen LogP contribution < -0.4 is 4.74 Å². The van der Waals surface area contributed by atoms with Crippen LogP contribution in [0.2, 0.25) is 0 Å². The normalized spacial score (nSPS) is 16.5. The summed E-state index contributed by atoms with van der Waals surface area (Å²) in [7, 11) is 1.68. The van der Waals surface area contributed by atoms with Crippen LogP contribution in [0.5, 0.6) is 5.75 Å². The lowest BCUT2D eigenvalue weighted by molar-refractivity contribution is 0.0709. The number of piperidine rings is 1. The topological polar surface area (TPSA) is 68.2 Å². The Kier molecular flexibility index (Phi) is 6.08. The van der Waals surface area contributed by atoms with Crippen LogP contribution in [0.25, 0.3) is 11.1 Å². The Morgan fingerprint density at radius 1 is 1.27 bits per heavy atom. The van der Waals surface area contributed by atoms with Crippen molar-refractivity contribution in [3.8, 4) is 16.9 Å². The van der Waals surface area contributed by atoms with E-state index in [4.69, 9.17) is 9.72 Å². The molecule has 6 nitrogen and oxygen atoms in total. The van der Waals surface area contributed by atoms with Gasteiger partial charge in [0.15, 0.2) is 0 Å². The van der Waals surface area contributed by atoms with E-state index in [1.54, 1.807) is 7.11 Å². The standard InChI is InChI=1S/C23H26N4O2S/c1-4-20-22(30-26-25-20)23(28)27-10-6-8-17(14-27)21-13-18(11-15(2)24-21)16-7-5-9-19(12-16)29-3/h5,7,9,11-13,17H,4,6,8,10,14H2,1-3H3. The number of likely N-dealkylation sites (tertiary alicyclic amines) is 1. The molecule has 3 aromatic rings. The van der Waals surface area contributed by atoms with Crippen LogP contribution in [-0.4, -0.2) is 45.6 Å². The van der Waals surface area contributed by atoms with Gasteiger partial charge >= 0.3 is 0 Å².